The van der Waals surface area contributed by atoms with Crippen LogP contribution in [0.5, 0.6) is 11.5 Å². The van der Waals surface area contributed by atoms with Crippen LogP contribution in [0.4, 0.5) is 22.2 Å². The van der Waals surface area contributed by atoms with Crippen molar-refractivity contribution in [2.75, 3.05) is 60.8 Å². The Balaban J connectivity index is 1.41. The van der Waals surface area contributed by atoms with Gasteiger partial charge in [-0.1, -0.05) is 29.2 Å². The molecule has 1 amide bonds. The first-order valence-electron chi connectivity index (χ1n) is 12.3. The normalized spacial score (nSPS) is 13.4. The van der Waals surface area contributed by atoms with Gasteiger partial charge in [-0.25, -0.2) is 0 Å². The molecular weight excluding hydrogens is 510 g/mol. The number of thioether (sulfide) groups is 1. The molecule has 0 aliphatic carbocycles. The lowest BCUT2D eigenvalue weighted by molar-refractivity contribution is -0.113. The maximum atomic E-state index is 12.9. The quantitative estimate of drug-likeness (QED) is 0.314. The number of aryl methyl sites for hydroxylation is 2. The first-order valence-corrected chi connectivity index (χ1v) is 14.1. The van der Waals surface area contributed by atoms with Gasteiger partial charge in [0.15, 0.2) is 4.34 Å². The third-order valence-electron chi connectivity index (χ3n) is 5.78. The molecule has 1 aromatic heterocycles. The SMILES string of the molecule is CCOc1cc(N2CCOCC2)c(OCC)cc1NC(=O)CSc1nnc(Nc2ccc(C)c(C)c2)s1. The van der Waals surface area contributed by atoms with E-state index in [1.54, 1.807) is 0 Å². The van der Waals surface area contributed by atoms with Gasteiger partial charge in [-0.05, 0) is 51.0 Å². The highest BCUT2D eigenvalue weighted by Gasteiger charge is 2.20. The van der Waals surface area contributed by atoms with Gasteiger partial charge in [0.25, 0.3) is 0 Å². The average Bonchev–Trinajstić information content (AvgIpc) is 3.34. The van der Waals surface area contributed by atoms with Crippen LogP contribution in [0.3, 0.4) is 0 Å². The summed E-state index contributed by atoms with van der Waals surface area (Å²) in [5, 5.41) is 15.4. The van der Waals surface area contributed by atoms with Gasteiger partial charge in [0, 0.05) is 30.9 Å². The van der Waals surface area contributed by atoms with Gasteiger partial charge in [-0.3, -0.25) is 4.79 Å². The minimum Gasteiger partial charge on any atom is -0.492 e. The van der Waals surface area contributed by atoms with Gasteiger partial charge < -0.3 is 29.7 Å². The zero-order valence-electron chi connectivity index (χ0n) is 21.6. The molecule has 4 rings (SSSR count). The molecule has 0 radical (unpaired) electrons. The summed E-state index contributed by atoms with van der Waals surface area (Å²) in [7, 11) is 0. The highest BCUT2D eigenvalue weighted by Crippen LogP contribution is 2.39. The predicted molar refractivity (Wildman–Crippen MR) is 150 cm³/mol. The zero-order chi connectivity index (χ0) is 26.2. The number of amides is 1. The Morgan fingerprint density at radius 2 is 1.81 bits per heavy atom. The molecule has 1 fully saturated rings. The van der Waals surface area contributed by atoms with Gasteiger partial charge in [-0.15, -0.1) is 10.2 Å². The van der Waals surface area contributed by atoms with E-state index >= 15 is 0 Å². The first-order chi connectivity index (χ1) is 18.0. The van der Waals surface area contributed by atoms with Crippen LogP contribution >= 0.6 is 23.1 Å². The monoisotopic (exact) mass is 543 g/mol. The number of nitrogens with zero attached hydrogens (tertiary/aromatic N) is 3. The summed E-state index contributed by atoms with van der Waals surface area (Å²) < 4.78 is 18.0. The molecule has 0 saturated carbocycles. The van der Waals surface area contributed by atoms with Crippen LogP contribution in [-0.2, 0) is 9.53 Å². The van der Waals surface area contributed by atoms with E-state index in [1.807, 2.05) is 32.0 Å². The Kier molecular flexibility index (Phi) is 9.48. The van der Waals surface area contributed by atoms with Crippen molar-refractivity contribution in [2.45, 2.75) is 32.0 Å². The number of morpholine rings is 1. The molecule has 2 N–H and O–H groups in total. The van der Waals surface area contributed by atoms with E-state index in [4.69, 9.17) is 14.2 Å². The molecule has 1 aliphatic rings. The molecular formula is C26H33N5O4S2. The lowest BCUT2D eigenvalue weighted by Crippen LogP contribution is -2.36. The number of anilines is 4. The van der Waals surface area contributed by atoms with Gasteiger partial charge in [-0.2, -0.15) is 0 Å². The third-order valence-corrected chi connectivity index (χ3v) is 7.75. The summed E-state index contributed by atoms with van der Waals surface area (Å²) in [4.78, 5) is 15.1. The Labute approximate surface area is 225 Å². The van der Waals surface area contributed by atoms with E-state index in [1.165, 1.54) is 34.2 Å². The van der Waals surface area contributed by atoms with Crippen LogP contribution in [0.15, 0.2) is 34.7 Å². The number of nitrogens with one attached hydrogen (secondary N) is 2. The molecule has 2 heterocycles. The fourth-order valence-electron chi connectivity index (χ4n) is 3.82. The van der Waals surface area contributed by atoms with Crippen LogP contribution in [0, 0.1) is 13.8 Å². The number of hydrogen-bond donors (Lipinski definition) is 2. The van der Waals surface area contributed by atoms with Gasteiger partial charge in [0.2, 0.25) is 11.0 Å². The lowest BCUT2D eigenvalue weighted by Gasteiger charge is -2.31. The van der Waals surface area contributed by atoms with Crippen LogP contribution in [0.1, 0.15) is 25.0 Å². The first kappa shape index (κ1) is 27.0. The Morgan fingerprint density at radius 1 is 1.05 bits per heavy atom. The van der Waals surface area contributed by atoms with Crippen molar-refractivity contribution < 1.29 is 19.0 Å². The summed E-state index contributed by atoms with van der Waals surface area (Å²) in [5.41, 5.74) is 4.93. The van der Waals surface area contributed by atoms with Crippen molar-refractivity contribution >= 4 is 51.2 Å². The molecule has 37 heavy (non-hydrogen) atoms. The number of benzene rings is 2. The summed E-state index contributed by atoms with van der Waals surface area (Å²) in [6.45, 7) is 11.9. The lowest BCUT2D eigenvalue weighted by atomic mass is 10.1. The van der Waals surface area contributed by atoms with Crippen molar-refractivity contribution in [3.8, 4) is 11.5 Å². The molecule has 1 saturated heterocycles. The Morgan fingerprint density at radius 3 is 2.54 bits per heavy atom. The fourth-order valence-corrected chi connectivity index (χ4v) is 5.39. The molecule has 2 aromatic carbocycles. The Bertz CT molecular complexity index is 1210. The average molecular weight is 544 g/mol. The van der Waals surface area contributed by atoms with Crippen LogP contribution in [-0.4, -0.2) is 61.4 Å². The molecule has 1 aliphatic heterocycles. The molecule has 11 heteroatoms. The standard InChI is InChI=1S/C26H33N5O4S2/c1-5-34-22-15-21(31-9-11-33-12-10-31)23(35-6-2)14-20(22)28-24(32)16-36-26-30-29-25(37-26)27-19-8-7-17(3)18(4)13-19/h7-8,13-15H,5-6,9-12,16H2,1-4H3,(H,27,29)(H,28,32). The van der Waals surface area contributed by atoms with Gasteiger partial charge in [0.05, 0.1) is 43.6 Å². The van der Waals surface area contributed by atoms with E-state index in [2.05, 4.69) is 51.7 Å². The molecule has 0 atom stereocenters. The predicted octanol–water partition coefficient (Wildman–Crippen LogP) is 5.26. The summed E-state index contributed by atoms with van der Waals surface area (Å²) in [5.74, 6) is 1.36. The Hall–Kier alpha value is -3.02. The van der Waals surface area contributed by atoms with Crippen LogP contribution < -0.4 is 25.0 Å². The van der Waals surface area contributed by atoms with Gasteiger partial charge >= 0.3 is 0 Å². The topological polar surface area (TPSA) is 97.8 Å². The minimum absolute atomic E-state index is 0.161. The van der Waals surface area contributed by atoms with E-state index in [9.17, 15) is 4.79 Å². The number of hydrogen-bond acceptors (Lipinski definition) is 10. The number of aromatic nitrogens is 2. The zero-order valence-corrected chi connectivity index (χ0v) is 23.3. The van der Waals surface area contributed by atoms with Crippen molar-refractivity contribution in [2.24, 2.45) is 0 Å². The highest BCUT2D eigenvalue weighted by molar-refractivity contribution is 8.01. The minimum atomic E-state index is -0.161. The molecule has 0 bridgehead atoms. The molecule has 3 aromatic rings. The number of ether oxygens (including phenoxy) is 3. The maximum absolute atomic E-state index is 12.9. The van der Waals surface area contributed by atoms with E-state index < -0.39 is 0 Å². The number of carbonyl (C=O) groups is 1. The smallest absolute Gasteiger partial charge is 0.234 e. The summed E-state index contributed by atoms with van der Waals surface area (Å²) in [6, 6.07) is 9.95. The highest BCUT2D eigenvalue weighted by atomic mass is 32.2. The second-order valence-corrected chi connectivity index (χ2v) is 10.6. The molecule has 198 valence electrons. The molecule has 9 nitrogen and oxygen atoms in total. The van der Waals surface area contributed by atoms with Crippen LogP contribution in [0.25, 0.3) is 0 Å². The second-order valence-electron chi connectivity index (χ2n) is 8.42. The largest absolute Gasteiger partial charge is 0.492 e. The van der Waals surface area contributed by atoms with Crippen molar-refractivity contribution in [3.63, 3.8) is 0 Å². The second kappa shape index (κ2) is 13.0. The van der Waals surface area contributed by atoms with Crippen molar-refractivity contribution in [1.82, 2.24) is 10.2 Å². The van der Waals surface area contributed by atoms with E-state index in [0.717, 1.165) is 24.5 Å². The number of rotatable bonds is 11. The van der Waals surface area contributed by atoms with Crippen molar-refractivity contribution in [1.29, 1.82) is 0 Å². The summed E-state index contributed by atoms with van der Waals surface area (Å²) >= 11 is 2.76. The van der Waals surface area contributed by atoms with E-state index in [0.29, 0.717) is 53.1 Å². The van der Waals surface area contributed by atoms with E-state index in [-0.39, 0.29) is 11.7 Å². The van der Waals surface area contributed by atoms with Gasteiger partial charge in [0.1, 0.15) is 11.5 Å². The third kappa shape index (κ3) is 7.27. The van der Waals surface area contributed by atoms with Crippen LogP contribution in [0.2, 0.25) is 0 Å². The number of carbonyl (C=O) groups excluding carboxylic acids is 1. The van der Waals surface area contributed by atoms with Crippen molar-refractivity contribution in [3.05, 3.63) is 41.5 Å². The molecule has 0 spiro atoms. The molecule has 0 unspecified atom stereocenters. The summed E-state index contributed by atoms with van der Waals surface area (Å²) in [6.07, 6.45) is 0. The maximum Gasteiger partial charge on any atom is 0.234 e. The fraction of sp³-hybridized carbons (Fsp3) is 0.423.